The van der Waals surface area contributed by atoms with Crippen molar-refractivity contribution in [3.63, 3.8) is 0 Å². The Balaban J connectivity index is 2.29. The van der Waals surface area contributed by atoms with E-state index in [1.165, 1.54) is 12.1 Å². The minimum absolute atomic E-state index is 0.0744. The van der Waals surface area contributed by atoms with E-state index in [0.717, 1.165) is 12.1 Å². The molecule has 0 spiro atoms. The molecule has 2 aromatic rings. The van der Waals surface area contributed by atoms with Crippen molar-refractivity contribution in [2.45, 2.75) is 13.1 Å². The van der Waals surface area contributed by atoms with Gasteiger partial charge in [0.05, 0.1) is 5.56 Å². The van der Waals surface area contributed by atoms with E-state index in [0.29, 0.717) is 16.7 Å². The predicted molar refractivity (Wildman–Crippen MR) is 78.5 cm³/mol. The van der Waals surface area contributed by atoms with Crippen LogP contribution in [0.4, 0.5) is 18.9 Å². The molecule has 2 aromatic carbocycles. The molecule has 112 valence electrons. The maximum atomic E-state index is 12.7. The van der Waals surface area contributed by atoms with Crippen LogP contribution in [0.3, 0.4) is 0 Å². The smallest absolute Gasteiger partial charge is 0.322 e. The second-order valence-corrected chi connectivity index (χ2v) is 4.66. The number of anilines is 1. The first kappa shape index (κ1) is 15.6. The highest BCUT2D eigenvalue weighted by atomic mass is 19.4. The van der Waals surface area contributed by atoms with E-state index in [1.54, 1.807) is 25.1 Å². The quantitative estimate of drug-likeness (QED) is 0.826. The molecule has 0 aliphatic carbocycles. The van der Waals surface area contributed by atoms with Gasteiger partial charge in [0.2, 0.25) is 0 Å². The monoisotopic (exact) mass is 303 g/mol. The van der Waals surface area contributed by atoms with Crippen molar-refractivity contribution in [2.75, 3.05) is 5.32 Å². The largest absolute Gasteiger partial charge is 0.416 e. The van der Waals surface area contributed by atoms with Crippen LogP contribution in [0.2, 0.25) is 0 Å². The molecule has 1 amide bonds. The molecule has 2 rings (SSSR count). The standard InChI is InChI=1S/C17H12F3NO/c1-3-12-6-4-9-15(11(12)2)16(22)21-14-8-5-7-13(10-14)17(18,19)20/h1,4-10H,2H3,(H,21,22). The summed E-state index contributed by atoms with van der Waals surface area (Å²) in [6.07, 6.45) is 0.875. The molecule has 0 aromatic heterocycles. The highest BCUT2D eigenvalue weighted by Gasteiger charge is 2.30. The molecular weight excluding hydrogens is 291 g/mol. The van der Waals surface area contributed by atoms with Gasteiger partial charge in [-0.1, -0.05) is 18.1 Å². The van der Waals surface area contributed by atoms with E-state index in [-0.39, 0.29) is 5.69 Å². The molecule has 0 bridgehead atoms. The van der Waals surface area contributed by atoms with Gasteiger partial charge in [-0.15, -0.1) is 6.42 Å². The van der Waals surface area contributed by atoms with Gasteiger partial charge in [0.25, 0.3) is 5.91 Å². The Labute approximate surface area is 126 Å². The third-order valence-corrected chi connectivity index (χ3v) is 3.18. The van der Waals surface area contributed by atoms with E-state index < -0.39 is 17.6 Å². The Hall–Kier alpha value is -2.74. The van der Waals surface area contributed by atoms with Crippen LogP contribution in [0.15, 0.2) is 42.5 Å². The molecule has 0 unspecified atom stereocenters. The second kappa shape index (κ2) is 5.94. The molecule has 0 saturated heterocycles. The zero-order valence-electron chi connectivity index (χ0n) is 11.7. The maximum absolute atomic E-state index is 12.7. The van der Waals surface area contributed by atoms with E-state index in [9.17, 15) is 18.0 Å². The lowest BCUT2D eigenvalue weighted by atomic mass is 10.0. The minimum Gasteiger partial charge on any atom is -0.322 e. The number of rotatable bonds is 2. The molecule has 0 saturated carbocycles. The van der Waals surface area contributed by atoms with Gasteiger partial charge in [0.15, 0.2) is 0 Å². The van der Waals surface area contributed by atoms with E-state index >= 15 is 0 Å². The Morgan fingerprint density at radius 2 is 1.86 bits per heavy atom. The van der Waals surface area contributed by atoms with Crippen molar-refractivity contribution in [1.29, 1.82) is 0 Å². The van der Waals surface area contributed by atoms with Crippen LogP contribution >= 0.6 is 0 Å². The fourth-order valence-corrected chi connectivity index (χ4v) is 2.01. The Kier molecular flexibility index (Phi) is 4.22. The molecule has 0 fully saturated rings. The summed E-state index contributed by atoms with van der Waals surface area (Å²) in [6, 6.07) is 9.35. The molecule has 2 nitrogen and oxygen atoms in total. The number of carbonyl (C=O) groups excluding carboxylic acids is 1. The number of hydrogen-bond donors (Lipinski definition) is 1. The van der Waals surface area contributed by atoms with Crippen LogP contribution in [0.25, 0.3) is 0 Å². The zero-order chi connectivity index (χ0) is 16.3. The summed E-state index contributed by atoms with van der Waals surface area (Å²) in [6.45, 7) is 1.69. The SMILES string of the molecule is C#Cc1cccc(C(=O)Nc2cccc(C(F)(F)F)c2)c1C. The van der Waals surface area contributed by atoms with Gasteiger partial charge >= 0.3 is 6.18 Å². The van der Waals surface area contributed by atoms with Crippen LogP contribution in [0.1, 0.15) is 27.0 Å². The van der Waals surface area contributed by atoms with Crippen LogP contribution in [0.5, 0.6) is 0 Å². The first-order valence-corrected chi connectivity index (χ1v) is 6.38. The molecular formula is C17H12F3NO. The van der Waals surface area contributed by atoms with Crippen molar-refractivity contribution in [3.8, 4) is 12.3 Å². The normalized spacial score (nSPS) is 10.9. The number of halogens is 3. The number of amides is 1. The number of hydrogen-bond acceptors (Lipinski definition) is 1. The zero-order valence-corrected chi connectivity index (χ0v) is 11.7. The van der Waals surface area contributed by atoms with Crippen molar-refractivity contribution in [3.05, 3.63) is 64.7 Å². The average molecular weight is 303 g/mol. The Morgan fingerprint density at radius 3 is 2.50 bits per heavy atom. The molecule has 0 aliphatic rings. The first-order chi connectivity index (χ1) is 10.3. The fraction of sp³-hybridized carbons (Fsp3) is 0.118. The van der Waals surface area contributed by atoms with Crippen LogP contribution in [0, 0.1) is 19.3 Å². The Morgan fingerprint density at radius 1 is 1.18 bits per heavy atom. The lowest BCUT2D eigenvalue weighted by Crippen LogP contribution is -2.14. The third kappa shape index (κ3) is 3.29. The summed E-state index contributed by atoms with van der Waals surface area (Å²) < 4.78 is 38.0. The van der Waals surface area contributed by atoms with Crippen LogP contribution < -0.4 is 5.32 Å². The topological polar surface area (TPSA) is 29.1 Å². The molecule has 0 heterocycles. The second-order valence-electron chi connectivity index (χ2n) is 4.66. The highest BCUT2D eigenvalue weighted by Crippen LogP contribution is 2.30. The lowest BCUT2D eigenvalue weighted by Gasteiger charge is -2.11. The summed E-state index contributed by atoms with van der Waals surface area (Å²) in [5.41, 5.74) is 0.753. The number of carbonyl (C=O) groups is 1. The van der Waals surface area contributed by atoms with E-state index in [2.05, 4.69) is 11.2 Å². The summed E-state index contributed by atoms with van der Waals surface area (Å²) >= 11 is 0. The lowest BCUT2D eigenvalue weighted by molar-refractivity contribution is -0.137. The molecule has 0 atom stereocenters. The van der Waals surface area contributed by atoms with E-state index in [4.69, 9.17) is 6.42 Å². The first-order valence-electron chi connectivity index (χ1n) is 6.38. The molecule has 0 aliphatic heterocycles. The maximum Gasteiger partial charge on any atom is 0.416 e. The van der Waals surface area contributed by atoms with Gasteiger partial charge in [0, 0.05) is 16.8 Å². The number of alkyl halides is 3. The molecule has 5 heteroatoms. The minimum atomic E-state index is -4.46. The summed E-state index contributed by atoms with van der Waals surface area (Å²) in [4.78, 5) is 12.2. The average Bonchev–Trinajstić information content (AvgIpc) is 2.46. The molecule has 1 N–H and O–H groups in total. The fourth-order valence-electron chi connectivity index (χ4n) is 2.01. The van der Waals surface area contributed by atoms with Gasteiger partial charge in [-0.3, -0.25) is 4.79 Å². The van der Waals surface area contributed by atoms with Crippen molar-refractivity contribution < 1.29 is 18.0 Å². The van der Waals surface area contributed by atoms with Crippen molar-refractivity contribution >= 4 is 11.6 Å². The summed E-state index contributed by atoms with van der Waals surface area (Å²) in [7, 11) is 0. The van der Waals surface area contributed by atoms with Crippen LogP contribution in [-0.4, -0.2) is 5.91 Å². The van der Waals surface area contributed by atoms with Gasteiger partial charge in [0.1, 0.15) is 0 Å². The Bertz CT molecular complexity index is 757. The summed E-state index contributed by atoms with van der Waals surface area (Å²) in [5, 5.41) is 2.46. The van der Waals surface area contributed by atoms with Crippen LogP contribution in [-0.2, 0) is 6.18 Å². The van der Waals surface area contributed by atoms with Gasteiger partial charge < -0.3 is 5.32 Å². The molecule has 22 heavy (non-hydrogen) atoms. The van der Waals surface area contributed by atoms with Gasteiger partial charge in [-0.2, -0.15) is 13.2 Å². The third-order valence-electron chi connectivity index (χ3n) is 3.18. The van der Waals surface area contributed by atoms with E-state index in [1.807, 2.05) is 0 Å². The highest BCUT2D eigenvalue weighted by molar-refractivity contribution is 6.05. The molecule has 0 radical (unpaired) electrons. The number of benzene rings is 2. The van der Waals surface area contributed by atoms with Gasteiger partial charge in [-0.25, -0.2) is 0 Å². The predicted octanol–water partition coefficient (Wildman–Crippen LogP) is 4.25. The number of nitrogens with one attached hydrogen (secondary N) is 1. The van der Waals surface area contributed by atoms with Crippen molar-refractivity contribution in [1.82, 2.24) is 0 Å². The summed E-state index contributed by atoms with van der Waals surface area (Å²) in [5.74, 6) is 1.95. The van der Waals surface area contributed by atoms with Crippen molar-refractivity contribution in [2.24, 2.45) is 0 Å². The number of terminal acetylenes is 1. The van der Waals surface area contributed by atoms with Gasteiger partial charge in [-0.05, 0) is 42.8 Å².